The molecule has 0 heterocycles. The third-order valence-corrected chi connectivity index (χ3v) is 3.28. The number of carbonyl (C=O) groups is 1. The highest BCUT2D eigenvalue weighted by Crippen LogP contribution is 2.30. The van der Waals surface area contributed by atoms with E-state index >= 15 is 0 Å². The number of halogens is 2. The first-order valence-electron chi connectivity index (χ1n) is 6.11. The predicted octanol–water partition coefficient (Wildman–Crippen LogP) is 1.97. The van der Waals surface area contributed by atoms with E-state index in [4.69, 9.17) is 32.7 Å². The van der Waals surface area contributed by atoms with Crippen LogP contribution in [0.4, 0.5) is 0 Å². The third-order valence-electron chi connectivity index (χ3n) is 2.56. The van der Waals surface area contributed by atoms with Crippen LogP contribution in [0, 0.1) is 0 Å². The number of rotatable bonds is 8. The summed E-state index contributed by atoms with van der Waals surface area (Å²) < 4.78 is 10.0. The quantitative estimate of drug-likeness (QED) is 0.719. The fourth-order valence-corrected chi connectivity index (χ4v) is 1.85. The monoisotopic (exact) mass is 320 g/mol. The first-order valence-corrected chi connectivity index (χ1v) is 6.86. The van der Waals surface area contributed by atoms with Crippen LogP contribution in [0.2, 0.25) is 10.0 Å². The minimum Gasteiger partial charge on any atom is -0.496 e. The summed E-state index contributed by atoms with van der Waals surface area (Å²) in [6, 6.07) is 3.02. The smallest absolute Gasteiger partial charge is 0.255 e. The molecule has 0 spiro atoms. The molecule has 1 aromatic carbocycles. The summed E-state index contributed by atoms with van der Waals surface area (Å²) in [6.07, 6.45) is 0. The van der Waals surface area contributed by atoms with Crippen LogP contribution in [0.25, 0.3) is 0 Å². The summed E-state index contributed by atoms with van der Waals surface area (Å²) in [7, 11) is 3.11. The highest BCUT2D eigenvalue weighted by molar-refractivity contribution is 6.42. The molecule has 20 heavy (non-hydrogen) atoms. The maximum Gasteiger partial charge on any atom is 0.255 e. The van der Waals surface area contributed by atoms with Crippen molar-refractivity contribution < 1.29 is 14.3 Å². The molecule has 0 radical (unpaired) electrons. The van der Waals surface area contributed by atoms with Crippen molar-refractivity contribution in [1.29, 1.82) is 0 Å². The van der Waals surface area contributed by atoms with Crippen molar-refractivity contribution in [3.05, 3.63) is 27.7 Å². The normalized spacial score (nSPS) is 10.4. The van der Waals surface area contributed by atoms with Crippen molar-refractivity contribution in [2.75, 3.05) is 40.5 Å². The van der Waals surface area contributed by atoms with E-state index in [1.165, 1.54) is 19.2 Å². The van der Waals surface area contributed by atoms with Gasteiger partial charge < -0.3 is 20.1 Å². The van der Waals surface area contributed by atoms with E-state index in [0.29, 0.717) is 41.1 Å². The van der Waals surface area contributed by atoms with Gasteiger partial charge in [0.1, 0.15) is 5.75 Å². The van der Waals surface area contributed by atoms with Gasteiger partial charge in [-0.2, -0.15) is 0 Å². The van der Waals surface area contributed by atoms with Crippen LogP contribution in [-0.4, -0.2) is 46.4 Å². The molecule has 7 heteroatoms. The van der Waals surface area contributed by atoms with Gasteiger partial charge in [0.15, 0.2) is 0 Å². The Labute approximate surface area is 128 Å². The Hall–Kier alpha value is -1.01. The molecule has 0 saturated heterocycles. The van der Waals surface area contributed by atoms with Gasteiger partial charge in [-0.25, -0.2) is 0 Å². The molecule has 0 atom stereocenters. The van der Waals surface area contributed by atoms with Crippen LogP contribution >= 0.6 is 23.2 Å². The first-order chi connectivity index (χ1) is 9.60. The molecular formula is C13H18Cl2N2O3. The molecule has 0 aliphatic carbocycles. The van der Waals surface area contributed by atoms with Gasteiger partial charge in [-0.3, -0.25) is 4.79 Å². The van der Waals surface area contributed by atoms with Gasteiger partial charge in [0.05, 0.1) is 29.3 Å². The van der Waals surface area contributed by atoms with Gasteiger partial charge in [0.25, 0.3) is 5.91 Å². The van der Waals surface area contributed by atoms with Gasteiger partial charge in [0, 0.05) is 32.8 Å². The topological polar surface area (TPSA) is 59.6 Å². The fraction of sp³-hybridized carbons (Fsp3) is 0.462. The molecule has 112 valence electrons. The molecule has 1 amide bonds. The van der Waals surface area contributed by atoms with Crippen molar-refractivity contribution in [2.45, 2.75) is 0 Å². The van der Waals surface area contributed by atoms with Crippen LogP contribution in [0.5, 0.6) is 5.75 Å². The van der Waals surface area contributed by atoms with E-state index in [1.54, 1.807) is 7.11 Å². The Kier molecular flexibility index (Phi) is 7.69. The van der Waals surface area contributed by atoms with Crippen molar-refractivity contribution in [2.24, 2.45) is 0 Å². The average molecular weight is 321 g/mol. The molecular weight excluding hydrogens is 303 g/mol. The largest absolute Gasteiger partial charge is 0.496 e. The Morgan fingerprint density at radius 1 is 1.15 bits per heavy atom. The minimum atomic E-state index is -0.256. The molecule has 0 unspecified atom stereocenters. The summed E-state index contributed by atoms with van der Waals surface area (Å²) in [6.45, 7) is 2.52. The van der Waals surface area contributed by atoms with E-state index in [2.05, 4.69) is 10.6 Å². The molecule has 0 aromatic heterocycles. The van der Waals surface area contributed by atoms with Gasteiger partial charge in [-0.05, 0) is 6.07 Å². The number of amides is 1. The summed E-state index contributed by atoms with van der Waals surface area (Å²) in [5, 5.41) is 6.56. The number of methoxy groups -OCH3 is 2. The van der Waals surface area contributed by atoms with Crippen molar-refractivity contribution in [3.8, 4) is 5.75 Å². The van der Waals surface area contributed by atoms with E-state index < -0.39 is 0 Å². The summed E-state index contributed by atoms with van der Waals surface area (Å²) in [5.41, 5.74) is 0.360. The van der Waals surface area contributed by atoms with Crippen LogP contribution in [0.3, 0.4) is 0 Å². The molecule has 0 saturated carbocycles. The fourth-order valence-electron chi connectivity index (χ4n) is 1.53. The van der Waals surface area contributed by atoms with E-state index in [9.17, 15) is 4.79 Å². The lowest BCUT2D eigenvalue weighted by atomic mass is 10.2. The predicted molar refractivity (Wildman–Crippen MR) is 80.1 cm³/mol. The number of carbonyl (C=O) groups excluding carboxylic acids is 1. The lowest BCUT2D eigenvalue weighted by Crippen LogP contribution is -2.33. The molecule has 5 nitrogen and oxygen atoms in total. The molecule has 0 aliphatic rings. The van der Waals surface area contributed by atoms with Gasteiger partial charge in [-0.15, -0.1) is 0 Å². The zero-order chi connectivity index (χ0) is 15.0. The third kappa shape index (κ3) is 5.17. The average Bonchev–Trinajstić information content (AvgIpc) is 2.44. The van der Waals surface area contributed by atoms with E-state index in [1.807, 2.05) is 0 Å². The summed E-state index contributed by atoms with van der Waals surface area (Å²) >= 11 is 11.8. The SMILES string of the molecule is COCCNCCNC(=O)c1cc(Cl)c(Cl)cc1OC. The van der Waals surface area contributed by atoms with Gasteiger partial charge in [0.2, 0.25) is 0 Å². The number of hydrogen-bond donors (Lipinski definition) is 2. The standard InChI is InChI=1S/C13H18Cl2N2O3/c1-19-6-5-16-3-4-17-13(18)9-7-10(14)11(15)8-12(9)20-2/h7-8,16H,3-6H2,1-2H3,(H,17,18). The van der Waals surface area contributed by atoms with Gasteiger partial charge >= 0.3 is 0 Å². The Morgan fingerprint density at radius 3 is 2.50 bits per heavy atom. The minimum absolute atomic E-state index is 0.256. The highest BCUT2D eigenvalue weighted by Gasteiger charge is 2.14. The zero-order valence-electron chi connectivity index (χ0n) is 11.5. The second kappa shape index (κ2) is 9.02. The Bertz CT molecular complexity index is 455. The number of benzene rings is 1. The van der Waals surface area contributed by atoms with E-state index in [-0.39, 0.29) is 5.91 Å². The zero-order valence-corrected chi connectivity index (χ0v) is 13.0. The van der Waals surface area contributed by atoms with Crippen LogP contribution < -0.4 is 15.4 Å². The second-order valence-electron chi connectivity index (χ2n) is 3.97. The van der Waals surface area contributed by atoms with Crippen molar-refractivity contribution in [1.82, 2.24) is 10.6 Å². The Morgan fingerprint density at radius 2 is 1.85 bits per heavy atom. The van der Waals surface area contributed by atoms with Crippen LogP contribution in [0.1, 0.15) is 10.4 Å². The van der Waals surface area contributed by atoms with E-state index in [0.717, 1.165) is 6.54 Å². The second-order valence-corrected chi connectivity index (χ2v) is 4.78. The lowest BCUT2D eigenvalue weighted by Gasteiger charge is -2.11. The molecule has 0 bridgehead atoms. The van der Waals surface area contributed by atoms with Gasteiger partial charge in [-0.1, -0.05) is 23.2 Å². The van der Waals surface area contributed by atoms with Crippen LogP contribution in [-0.2, 0) is 4.74 Å². The maximum absolute atomic E-state index is 12.0. The summed E-state index contributed by atoms with van der Waals surface area (Å²) in [4.78, 5) is 12.0. The molecule has 1 rings (SSSR count). The number of ether oxygens (including phenoxy) is 2. The Balaban J connectivity index is 2.53. The molecule has 0 aliphatic heterocycles. The molecule has 0 fully saturated rings. The van der Waals surface area contributed by atoms with Crippen molar-refractivity contribution >= 4 is 29.1 Å². The lowest BCUT2D eigenvalue weighted by molar-refractivity contribution is 0.0950. The molecule has 1 aromatic rings. The summed E-state index contributed by atoms with van der Waals surface area (Å²) in [5.74, 6) is 0.137. The number of hydrogen-bond acceptors (Lipinski definition) is 4. The maximum atomic E-state index is 12.0. The highest BCUT2D eigenvalue weighted by atomic mass is 35.5. The molecule has 2 N–H and O–H groups in total. The van der Waals surface area contributed by atoms with Crippen molar-refractivity contribution in [3.63, 3.8) is 0 Å². The first kappa shape index (κ1) is 17.0. The van der Waals surface area contributed by atoms with Crippen LogP contribution in [0.15, 0.2) is 12.1 Å². The number of nitrogens with one attached hydrogen (secondary N) is 2.